The molecule has 0 spiro atoms. The quantitative estimate of drug-likeness (QED) is 0.906. The maximum Gasteiger partial charge on any atom is 0.255 e. The fourth-order valence-corrected chi connectivity index (χ4v) is 2.62. The Morgan fingerprint density at radius 1 is 1.04 bits per heavy atom. The van der Waals surface area contributed by atoms with Crippen LogP contribution in [0.3, 0.4) is 0 Å². The van der Waals surface area contributed by atoms with Crippen LogP contribution in [0.4, 0.5) is 11.4 Å². The van der Waals surface area contributed by atoms with Crippen LogP contribution in [0.2, 0.25) is 0 Å². The first kappa shape index (κ1) is 16.2. The second-order valence-electron chi connectivity index (χ2n) is 5.84. The number of nitrogens with one attached hydrogen (secondary N) is 2. The summed E-state index contributed by atoms with van der Waals surface area (Å²) in [6.07, 6.45) is 1.30. The highest BCUT2D eigenvalue weighted by molar-refractivity contribution is 6.05. The van der Waals surface area contributed by atoms with Crippen molar-refractivity contribution in [2.45, 2.75) is 25.9 Å². The van der Waals surface area contributed by atoms with Crippen LogP contribution in [0.1, 0.15) is 28.8 Å². The minimum atomic E-state index is -0.367. The van der Waals surface area contributed by atoms with Crippen molar-refractivity contribution in [2.24, 2.45) is 0 Å². The average Bonchev–Trinajstić information content (AvgIpc) is 3.12. The van der Waals surface area contributed by atoms with E-state index in [4.69, 9.17) is 4.74 Å². The first-order chi connectivity index (χ1) is 11.6. The SMILES string of the molecule is Cc1ccccc1NC(=O)c1ccc(NC(=O)[C@H]2CCCO2)cc1. The van der Waals surface area contributed by atoms with Crippen molar-refractivity contribution < 1.29 is 14.3 Å². The van der Waals surface area contributed by atoms with E-state index in [1.807, 2.05) is 31.2 Å². The number of para-hydroxylation sites is 1. The zero-order valence-corrected chi connectivity index (χ0v) is 13.5. The third kappa shape index (κ3) is 3.81. The molecule has 1 heterocycles. The predicted octanol–water partition coefficient (Wildman–Crippen LogP) is 3.36. The minimum Gasteiger partial charge on any atom is -0.368 e. The molecule has 2 aromatic rings. The third-order valence-electron chi connectivity index (χ3n) is 4.03. The maximum atomic E-state index is 12.3. The van der Waals surface area contributed by atoms with Gasteiger partial charge in [-0.25, -0.2) is 0 Å². The molecular formula is C19H20N2O3. The molecule has 1 aliphatic rings. The van der Waals surface area contributed by atoms with Crippen LogP contribution < -0.4 is 10.6 Å². The van der Waals surface area contributed by atoms with Gasteiger partial charge >= 0.3 is 0 Å². The number of hydrogen-bond acceptors (Lipinski definition) is 3. The second kappa shape index (κ2) is 7.27. The van der Waals surface area contributed by atoms with Gasteiger partial charge in [0.05, 0.1) is 0 Å². The lowest BCUT2D eigenvalue weighted by Gasteiger charge is -2.11. The highest BCUT2D eigenvalue weighted by Gasteiger charge is 2.23. The topological polar surface area (TPSA) is 67.4 Å². The predicted molar refractivity (Wildman–Crippen MR) is 93.2 cm³/mol. The highest BCUT2D eigenvalue weighted by atomic mass is 16.5. The number of carbonyl (C=O) groups is 2. The van der Waals surface area contributed by atoms with E-state index in [0.29, 0.717) is 17.9 Å². The maximum absolute atomic E-state index is 12.3. The van der Waals surface area contributed by atoms with Crippen LogP contribution in [-0.2, 0) is 9.53 Å². The Morgan fingerprint density at radius 3 is 2.46 bits per heavy atom. The summed E-state index contributed by atoms with van der Waals surface area (Å²) in [5, 5.41) is 5.70. The van der Waals surface area contributed by atoms with E-state index >= 15 is 0 Å². The molecule has 0 aliphatic carbocycles. The zero-order chi connectivity index (χ0) is 16.9. The number of anilines is 2. The summed E-state index contributed by atoms with van der Waals surface area (Å²) in [7, 11) is 0. The molecule has 124 valence electrons. The van der Waals surface area contributed by atoms with Gasteiger partial charge in [0.25, 0.3) is 11.8 Å². The average molecular weight is 324 g/mol. The van der Waals surface area contributed by atoms with Crippen molar-refractivity contribution in [3.8, 4) is 0 Å². The Balaban J connectivity index is 1.62. The standard InChI is InChI=1S/C19H20N2O3/c1-13-5-2-3-6-16(13)21-18(22)14-8-10-15(11-9-14)20-19(23)17-7-4-12-24-17/h2-3,5-6,8-11,17H,4,7,12H2,1H3,(H,20,23)(H,21,22)/t17-/m1/s1. The van der Waals surface area contributed by atoms with E-state index in [1.54, 1.807) is 24.3 Å². The summed E-state index contributed by atoms with van der Waals surface area (Å²) in [4.78, 5) is 24.3. The molecule has 1 atom stereocenters. The van der Waals surface area contributed by atoms with Crippen molar-refractivity contribution in [3.05, 3.63) is 59.7 Å². The normalized spacial score (nSPS) is 16.6. The molecule has 5 nitrogen and oxygen atoms in total. The van der Waals surface area contributed by atoms with Crippen molar-refractivity contribution in [1.29, 1.82) is 0 Å². The molecule has 0 bridgehead atoms. The monoisotopic (exact) mass is 324 g/mol. The highest BCUT2D eigenvalue weighted by Crippen LogP contribution is 2.17. The van der Waals surface area contributed by atoms with Crippen molar-refractivity contribution in [1.82, 2.24) is 0 Å². The summed E-state index contributed by atoms with van der Waals surface area (Å²) < 4.78 is 5.35. The summed E-state index contributed by atoms with van der Waals surface area (Å²) in [6.45, 7) is 2.58. The molecule has 24 heavy (non-hydrogen) atoms. The van der Waals surface area contributed by atoms with Gasteiger partial charge in [-0.1, -0.05) is 18.2 Å². The lowest BCUT2D eigenvalue weighted by molar-refractivity contribution is -0.124. The molecule has 5 heteroatoms. The molecule has 0 unspecified atom stereocenters. The van der Waals surface area contributed by atoms with E-state index in [2.05, 4.69) is 10.6 Å². The molecule has 2 aromatic carbocycles. The number of ether oxygens (including phenoxy) is 1. The number of rotatable bonds is 4. The van der Waals surface area contributed by atoms with Crippen molar-refractivity contribution in [3.63, 3.8) is 0 Å². The van der Waals surface area contributed by atoms with Crippen LogP contribution in [0, 0.1) is 6.92 Å². The van der Waals surface area contributed by atoms with Crippen LogP contribution in [-0.4, -0.2) is 24.5 Å². The van der Waals surface area contributed by atoms with Crippen LogP contribution in [0.5, 0.6) is 0 Å². The van der Waals surface area contributed by atoms with E-state index in [-0.39, 0.29) is 17.9 Å². The van der Waals surface area contributed by atoms with Gasteiger partial charge < -0.3 is 15.4 Å². The van der Waals surface area contributed by atoms with E-state index < -0.39 is 0 Å². The van der Waals surface area contributed by atoms with E-state index in [9.17, 15) is 9.59 Å². The van der Waals surface area contributed by atoms with Crippen LogP contribution in [0.25, 0.3) is 0 Å². The van der Waals surface area contributed by atoms with Gasteiger partial charge in [-0.2, -0.15) is 0 Å². The van der Waals surface area contributed by atoms with Crippen LogP contribution >= 0.6 is 0 Å². The zero-order valence-electron chi connectivity index (χ0n) is 13.5. The molecule has 1 aliphatic heterocycles. The fraction of sp³-hybridized carbons (Fsp3) is 0.263. The number of amides is 2. The molecule has 1 saturated heterocycles. The van der Waals surface area contributed by atoms with Gasteiger partial charge in [-0.05, 0) is 55.7 Å². The largest absolute Gasteiger partial charge is 0.368 e. The summed E-state index contributed by atoms with van der Waals surface area (Å²) >= 11 is 0. The molecular weight excluding hydrogens is 304 g/mol. The Labute approximate surface area is 141 Å². The van der Waals surface area contributed by atoms with Gasteiger partial charge in [0.2, 0.25) is 0 Å². The first-order valence-corrected chi connectivity index (χ1v) is 8.03. The van der Waals surface area contributed by atoms with Gasteiger partial charge in [0.15, 0.2) is 0 Å². The van der Waals surface area contributed by atoms with Crippen LogP contribution in [0.15, 0.2) is 48.5 Å². The Kier molecular flexibility index (Phi) is 4.91. The molecule has 0 radical (unpaired) electrons. The van der Waals surface area contributed by atoms with Gasteiger partial charge in [-0.3, -0.25) is 9.59 Å². The molecule has 0 aromatic heterocycles. The number of benzene rings is 2. The van der Waals surface area contributed by atoms with Gasteiger partial charge in [0.1, 0.15) is 6.10 Å². The van der Waals surface area contributed by atoms with E-state index in [0.717, 1.165) is 24.1 Å². The minimum absolute atomic E-state index is 0.135. The van der Waals surface area contributed by atoms with Crippen molar-refractivity contribution >= 4 is 23.2 Å². The Morgan fingerprint density at radius 2 is 1.79 bits per heavy atom. The Bertz CT molecular complexity index is 735. The number of aryl methyl sites for hydroxylation is 1. The Hall–Kier alpha value is -2.66. The summed E-state index contributed by atoms with van der Waals surface area (Å²) in [6, 6.07) is 14.4. The molecule has 1 fully saturated rings. The fourth-order valence-electron chi connectivity index (χ4n) is 2.62. The number of carbonyl (C=O) groups excluding carboxylic acids is 2. The second-order valence-corrected chi connectivity index (χ2v) is 5.84. The summed E-state index contributed by atoms with van der Waals surface area (Å²) in [5.74, 6) is -0.314. The van der Waals surface area contributed by atoms with Gasteiger partial charge in [0, 0.05) is 23.5 Å². The van der Waals surface area contributed by atoms with Crippen molar-refractivity contribution in [2.75, 3.05) is 17.2 Å². The lowest BCUT2D eigenvalue weighted by Crippen LogP contribution is -2.26. The first-order valence-electron chi connectivity index (χ1n) is 8.03. The summed E-state index contributed by atoms with van der Waals surface area (Å²) in [5.41, 5.74) is 2.99. The van der Waals surface area contributed by atoms with Gasteiger partial charge in [-0.15, -0.1) is 0 Å². The third-order valence-corrected chi connectivity index (χ3v) is 4.03. The molecule has 3 rings (SSSR count). The van der Waals surface area contributed by atoms with E-state index in [1.165, 1.54) is 0 Å². The smallest absolute Gasteiger partial charge is 0.255 e. The number of hydrogen-bond donors (Lipinski definition) is 2. The lowest BCUT2D eigenvalue weighted by atomic mass is 10.1. The molecule has 2 amide bonds. The molecule has 2 N–H and O–H groups in total. The molecule has 0 saturated carbocycles.